The lowest BCUT2D eigenvalue weighted by molar-refractivity contribution is -0.137. The first-order valence-electron chi connectivity index (χ1n) is 11.0. The molecule has 33 heavy (non-hydrogen) atoms. The van der Waals surface area contributed by atoms with Gasteiger partial charge in [0.2, 0.25) is 5.91 Å². The van der Waals surface area contributed by atoms with Crippen LogP contribution in [0.5, 0.6) is 0 Å². The Morgan fingerprint density at radius 3 is 2.36 bits per heavy atom. The number of halogens is 3. The summed E-state index contributed by atoms with van der Waals surface area (Å²) in [6.07, 6.45) is -2.25. The quantitative estimate of drug-likeness (QED) is 0.655. The number of likely N-dealkylation sites (tertiary alicyclic amines) is 1. The fraction of sp³-hybridized carbons (Fsp3) is 0.375. The summed E-state index contributed by atoms with van der Waals surface area (Å²) >= 11 is 0. The molecule has 172 valence electrons. The highest BCUT2D eigenvalue weighted by Crippen LogP contribution is 2.32. The molecule has 1 amide bonds. The predicted molar refractivity (Wildman–Crippen MR) is 116 cm³/mol. The lowest BCUT2D eigenvalue weighted by atomic mass is 9.84. The lowest BCUT2D eigenvalue weighted by Gasteiger charge is -2.41. The van der Waals surface area contributed by atoms with Gasteiger partial charge in [0, 0.05) is 37.2 Å². The molecule has 2 aliphatic rings. The summed E-state index contributed by atoms with van der Waals surface area (Å²) < 4.78 is 40.2. The fourth-order valence-corrected chi connectivity index (χ4v) is 4.66. The van der Waals surface area contributed by atoms with Crippen LogP contribution in [-0.4, -0.2) is 44.2 Å². The van der Waals surface area contributed by atoms with Crippen LogP contribution in [0.3, 0.4) is 0 Å². The Hall–Kier alpha value is -3.20. The van der Waals surface area contributed by atoms with Gasteiger partial charge in [-0.2, -0.15) is 18.3 Å². The van der Waals surface area contributed by atoms with Crippen molar-refractivity contribution in [1.82, 2.24) is 25.0 Å². The Bertz CT molecular complexity index is 1130. The van der Waals surface area contributed by atoms with Crippen LogP contribution >= 0.6 is 0 Å². The van der Waals surface area contributed by atoms with Crippen molar-refractivity contribution in [3.8, 4) is 11.4 Å². The van der Waals surface area contributed by atoms with E-state index in [0.29, 0.717) is 23.6 Å². The van der Waals surface area contributed by atoms with Crippen LogP contribution in [0.4, 0.5) is 13.2 Å². The molecule has 2 aliphatic heterocycles. The molecule has 9 heteroatoms. The van der Waals surface area contributed by atoms with Crippen molar-refractivity contribution in [2.75, 3.05) is 13.1 Å². The number of hydrogen-bond donors (Lipinski definition) is 1. The number of hydrogen-bond acceptors (Lipinski definition) is 4. The van der Waals surface area contributed by atoms with Gasteiger partial charge in [0.1, 0.15) is 12.4 Å². The molecular formula is C24H24F3N5O. The third-order valence-corrected chi connectivity index (χ3v) is 6.48. The zero-order valence-corrected chi connectivity index (χ0v) is 18.0. The highest BCUT2D eigenvalue weighted by Gasteiger charge is 2.40. The van der Waals surface area contributed by atoms with Gasteiger partial charge in [0.05, 0.1) is 5.56 Å². The summed E-state index contributed by atoms with van der Waals surface area (Å²) in [6, 6.07) is 15.1. The summed E-state index contributed by atoms with van der Waals surface area (Å²) in [7, 11) is 0. The number of carbonyl (C=O) groups is 1. The van der Waals surface area contributed by atoms with Crippen LogP contribution in [0.2, 0.25) is 0 Å². The first-order chi connectivity index (χ1) is 15.8. The van der Waals surface area contributed by atoms with E-state index in [1.807, 2.05) is 18.2 Å². The highest BCUT2D eigenvalue weighted by molar-refractivity contribution is 5.77. The zero-order chi connectivity index (χ0) is 23.1. The Morgan fingerprint density at radius 1 is 1.00 bits per heavy atom. The number of nitrogens with one attached hydrogen (secondary N) is 1. The van der Waals surface area contributed by atoms with Crippen molar-refractivity contribution in [3.63, 3.8) is 0 Å². The predicted octanol–water partition coefficient (Wildman–Crippen LogP) is 3.67. The number of piperidine rings is 1. The van der Waals surface area contributed by atoms with Crippen LogP contribution < -0.4 is 5.32 Å². The first kappa shape index (κ1) is 21.6. The maximum atomic E-state index is 12.9. The van der Waals surface area contributed by atoms with E-state index in [1.165, 1.54) is 17.7 Å². The monoisotopic (exact) mass is 455 g/mol. The van der Waals surface area contributed by atoms with Gasteiger partial charge in [0.25, 0.3) is 0 Å². The van der Waals surface area contributed by atoms with Crippen LogP contribution in [0, 0.1) is 0 Å². The minimum Gasteiger partial charge on any atom is -0.349 e. The molecule has 0 unspecified atom stereocenters. The Labute approximate surface area is 189 Å². The van der Waals surface area contributed by atoms with Crippen molar-refractivity contribution < 1.29 is 18.0 Å². The van der Waals surface area contributed by atoms with Crippen LogP contribution in [0.1, 0.15) is 29.8 Å². The van der Waals surface area contributed by atoms with Crippen molar-refractivity contribution in [1.29, 1.82) is 0 Å². The van der Waals surface area contributed by atoms with E-state index in [9.17, 15) is 18.0 Å². The van der Waals surface area contributed by atoms with E-state index >= 15 is 0 Å². The van der Waals surface area contributed by atoms with Gasteiger partial charge in [0.15, 0.2) is 5.82 Å². The number of rotatable bonds is 3. The number of aromatic nitrogens is 3. The molecule has 1 spiro atoms. The van der Waals surface area contributed by atoms with Crippen LogP contribution in [0.15, 0.2) is 54.6 Å². The van der Waals surface area contributed by atoms with Gasteiger partial charge < -0.3 is 5.32 Å². The Morgan fingerprint density at radius 2 is 1.70 bits per heavy atom. The summed E-state index contributed by atoms with van der Waals surface area (Å²) in [5.41, 5.74) is 0.658. The first-order valence-corrected chi connectivity index (χ1v) is 11.0. The van der Waals surface area contributed by atoms with Crippen molar-refractivity contribution in [2.45, 2.75) is 44.1 Å². The largest absolute Gasteiger partial charge is 0.416 e. The van der Waals surface area contributed by atoms with Crippen molar-refractivity contribution >= 4 is 5.91 Å². The number of benzene rings is 2. The van der Waals surface area contributed by atoms with Gasteiger partial charge in [-0.15, -0.1) is 0 Å². The van der Waals surface area contributed by atoms with E-state index < -0.39 is 11.7 Å². The average molecular weight is 455 g/mol. The number of alkyl halides is 3. The minimum absolute atomic E-state index is 0.0540. The molecule has 0 saturated carbocycles. The molecule has 0 radical (unpaired) electrons. The summed E-state index contributed by atoms with van der Waals surface area (Å²) in [5.74, 6) is 0.902. The van der Waals surface area contributed by atoms with E-state index in [1.54, 1.807) is 4.68 Å². The molecule has 0 atom stereocenters. The third-order valence-electron chi connectivity index (χ3n) is 6.48. The average Bonchev–Trinajstić information content (AvgIpc) is 3.11. The van der Waals surface area contributed by atoms with Crippen molar-refractivity contribution in [2.24, 2.45) is 0 Å². The number of nitrogens with zero attached hydrogens (tertiary/aromatic N) is 4. The van der Waals surface area contributed by atoms with Gasteiger partial charge in [-0.1, -0.05) is 42.5 Å². The molecule has 1 saturated heterocycles. The molecule has 1 fully saturated rings. The minimum atomic E-state index is -4.39. The number of amides is 1. The fourth-order valence-electron chi connectivity index (χ4n) is 4.66. The van der Waals surface area contributed by atoms with Gasteiger partial charge in [-0.3, -0.25) is 9.69 Å². The number of carbonyl (C=O) groups excluding carboxylic acids is 1. The molecular weight excluding hydrogens is 431 g/mol. The SMILES string of the molecule is O=C1Cn2nc(-c3ccc(C(F)(F)F)cc3)nc2CC2(CCN(Cc3ccccc3)CC2)N1. The molecule has 3 aromatic rings. The van der Waals surface area contributed by atoms with Crippen molar-refractivity contribution in [3.05, 3.63) is 71.5 Å². The van der Waals surface area contributed by atoms with Gasteiger partial charge in [-0.05, 0) is 30.5 Å². The second-order valence-electron chi connectivity index (χ2n) is 8.85. The normalized spacial score (nSPS) is 18.6. The van der Waals surface area contributed by atoms with E-state index in [-0.39, 0.29) is 18.0 Å². The molecule has 2 aromatic carbocycles. The molecule has 6 nitrogen and oxygen atoms in total. The molecule has 5 rings (SSSR count). The topological polar surface area (TPSA) is 63.1 Å². The molecule has 3 heterocycles. The second-order valence-corrected chi connectivity index (χ2v) is 8.85. The Kier molecular flexibility index (Phi) is 5.44. The third kappa shape index (κ3) is 4.64. The maximum Gasteiger partial charge on any atom is 0.416 e. The summed E-state index contributed by atoms with van der Waals surface area (Å²) in [5, 5.41) is 7.63. The second kappa shape index (κ2) is 8.30. The number of fused-ring (bicyclic) bond motifs is 1. The van der Waals surface area contributed by atoms with Crippen LogP contribution in [0.25, 0.3) is 11.4 Å². The lowest BCUT2D eigenvalue weighted by Crippen LogP contribution is -2.56. The van der Waals surface area contributed by atoms with Gasteiger partial charge >= 0.3 is 6.18 Å². The molecule has 1 aromatic heterocycles. The zero-order valence-electron chi connectivity index (χ0n) is 18.0. The molecule has 1 N–H and O–H groups in total. The van der Waals surface area contributed by atoms with E-state index in [4.69, 9.17) is 0 Å². The maximum absolute atomic E-state index is 12.9. The Balaban J connectivity index is 1.32. The smallest absolute Gasteiger partial charge is 0.349 e. The summed E-state index contributed by atoms with van der Waals surface area (Å²) in [6.45, 7) is 2.64. The standard InChI is InChI=1S/C24H24F3N5O/c25-24(26,27)19-8-6-18(7-9-19)22-28-20-14-23(29-21(33)16-32(20)30-22)10-12-31(13-11-23)15-17-4-2-1-3-5-17/h1-9H,10-16H2,(H,29,33). The molecule has 0 aliphatic carbocycles. The van der Waals surface area contributed by atoms with Crippen LogP contribution in [-0.2, 0) is 30.5 Å². The van der Waals surface area contributed by atoms with E-state index in [0.717, 1.165) is 44.6 Å². The highest BCUT2D eigenvalue weighted by atomic mass is 19.4. The molecule has 0 bridgehead atoms. The van der Waals surface area contributed by atoms with E-state index in [2.05, 4.69) is 32.4 Å². The summed E-state index contributed by atoms with van der Waals surface area (Å²) in [4.78, 5) is 19.6. The van der Waals surface area contributed by atoms with Gasteiger partial charge in [-0.25, -0.2) is 9.67 Å².